The van der Waals surface area contributed by atoms with Gasteiger partial charge in [0, 0.05) is 24.8 Å². The summed E-state index contributed by atoms with van der Waals surface area (Å²) in [6.45, 7) is 6.18. The summed E-state index contributed by atoms with van der Waals surface area (Å²) < 4.78 is 46.2. The molecule has 2 aromatic carbocycles. The molecule has 2 aromatic rings. The number of halogens is 1. The molecule has 1 fully saturated rings. The van der Waals surface area contributed by atoms with Gasteiger partial charge in [-0.3, -0.25) is 4.79 Å². The van der Waals surface area contributed by atoms with Crippen LogP contribution in [0.5, 0.6) is 0 Å². The Hall–Kier alpha value is -2.33. The second-order valence-corrected chi connectivity index (χ2v) is 9.75. The first-order chi connectivity index (χ1) is 14.6. The number of carbonyl (C=O) groups excluding carboxylic acids is 1. The zero-order chi connectivity index (χ0) is 22.6. The number of amides is 1. The summed E-state index contributed by atoms with van der Waals surface area (Å²) in [6.07, 6.45) is -0.335. The quantitative estimate of drug-likeness (QED) is 0.679. The molecule has 0 aliphatic carbocycles. The average molecular weight is 450 g/mol. The second-order valence-electron chi connectivity index (χ2n) is 7.81. The molecule has 3 rings (SSSR count). The van der Waals surface area contributed by atoms with Gasteiger partial charge >= 0.3 is 0 Å². The number of ether oxygens (including phenoxy) is 1. The van der Waals surface area contributed by atoms with Gasteiger partial charge < -0.3 is 15.4 Å². The van der Waals surface area contributed by atoms with Crippen molar-refractivity contribution in [1.29, 1.82) is 0 Å². The maximum atomic E-state index is 13.3. The standard InChI is InChI=1S/C22H28FN3O4S/c1-15-13-26(14-16(2)30-15)31(28,29)21-9-7-20(8-10-21)25-22(27)12-24-17(3)18-5-4-6-19(23)11-18/h4-11,15-17,24H,12-14H2,1-3H3,(H,25,27)/t15-,16-,17+/m1/s1. The van der Waals surface area contributed by atoms with E-state index in [9.17, 15) is 17.6 Å². The zero-order valence-corrected chi connectivity index (χ0v) is 18.7. The summed E-state index contributed by atoms with van der Waals surface area (Å²) in [5.41, 5.74) is 1.24. The molecule has 0 spiro atoms. The number of nitrogens with one attached hydrogen (secondary N) is 2. The Bertz CT molecular complexity index is 1000. The summed E-state index contributed by atoms with van der Waals surface area (Å²) in [5, 5.41) is 5.77. The van der Waals surface area contributed by atoms with Crippen LogP contribution in [-0.4, -0.2) is 50.5 Å². The third kappa shape index (κ3) is 6.10. The van der Waals surface area contributed by atoms with Crippen molar-refractivity contribution in [3.8, 4) is 0 Å². The molecule has 168 valence electrons. The highest BCUT2D eigenvalue weighted by Crippen LogP contribution is 2.22. The zero-order valence-electron chi connectivity index (χ0n) is 17.8. The van der Waals surface area contributed by atoms with E-state index in [2.05, 4.69) is 10.6 Å². The van der Waals surface area contributed by atoms with Gasteiger partial charge in [0.05, 0.1) is 23.6 Å². The van der Waals surface area contributed by atoms with Crippen LogP contribution in [0, 0.1) is 5.82 Å². The van der Waals surface area contributed by atoms with Crippen molar-refractivity contribution in [2.45, 2.75) is 43.9 Å². The van der Waals surface area contributed by atoms with Crippen LogP contribution in [0.25, 0.3) is 0 Å². The normalized spacial score (nSPS) is 20.9. The molecule has 3 atom stereocenters. The third-order valence-electron chi connectivity index (χ3n) is 5.08. The molecular formula is C22H28FN3O4S. The summed E-state index contributed by atoms with van der Waals surface area (Å²) in [5.74, 6) is -0.610. The topological polar surface area (TPSA) is 87.7 Å². The van der Waals surface area contributed by atoms with Crippen molar-refractivity contribution in [2.75, 3.05) is 25.0 Å². The van der Waals surface area contributed by atoms with Gasteiger partial charge in [-0.2, -0.15) is 4.31 Å². The highest BCUT2D eigenvalue weighted by molar-refractivity contribution is 7.89. The van der Waals surface area contributed by atoms with Crippen molar-refractivity contribution >= 4 is 21.6 Å². The Labute approximate surface area is 182 Å². The van der Waals surface area contributed by atoms with Gasteiger partial charge in [0.1, 0.15) is 5.82 Å². The van der Waals surface area contributed by atoms with E-state index in [0.29, 0.717) is 18.8 Å². The summed E-state index contributed by atoms with van der Waals surface area (Å²) in [7, 11) is -3.63. The number of morpholine rings is 1. The molecule has 0 radical (unpaired) electrons. The van der Waals surface area contributed by atoms with Crippen LogP contribution in [-0.2, 0) is 19.6 Å². The Morgan fingerprint density at radius 1 is 1.16 bits per heavy atom. The summed E-state index contributed by atoms with van der Waals surface area (Å²) in [4.78, 5) is 12.4. The number of carbonyl (C=O) groups is 1. The van der Waals surface area contributed by atoms with Crippen molar-refractivity contribution in [3.63, 3.8) is 0 Å². The number of benzene rings is 2. The Morgan fingerprint density at radius 2 is 1.81 bits per heavy atom. The Balaban J connectivity index is 1.57. The lowest BCUT2D eigenvalue weighted by Crippen LogP contribution is -2.48. The van der Waals surface area contributed by atoms with Crippen LogP contribution < -0.4 is 10.6 Å². The number of hydrogen-bond donors (Lipinski definition) is 2. The van der Waals surface area contributed by atoms with E-state index >= 15 is 0 Å². The van der Waals surface area contributed by atoms with Gasteiger partial charge in [0.15, 0.2) is 0 Å². The number of hydrogen-bond acceptors (Lipinski definition) is 5. The van der Waals surface area contributed by atoms with Gasteiger partial charge in [-0.25, -0.2) is 12.8 Å². The molecule has 1 aliphatic rings. The number of anilines is 1. The molecule has 31 heavy (non-hydrogen) atoms. The predicted molar refractivity (Wildman–Crippen MR) is 117 cm³/mol. The fourth-order valence-electron chi connectivity index (χ4n) is 3.53. The Morgan fingerprint density at radius 3 is 2.42 bits per heavy atom. The molecule has 1 saturated heterocycles. The summed E-state index contributed by atoms with van der Waals surface area (Å²) in [6, 6.07) is 12.1. The van der Waals surface area contributed by atoms with E-state index in [4.69, 9.17) is 4.74 Å². The van der Waals surface area contributed by atoms with Gasteiger partial charge in [-0.05, 0) is 62.7 Å². The molecule has 1 aliphatic heterocycles. The van der Waals surface area contributed by atoms with Gasteiger partial charge in [0.25, 0.3) is 0 Å². The monoisotopic (exact) mass is 449 g/mol. The number of nitrogens with zero attached hydrogens (tertiary/aromatic N) is 1. The minimum atomic E-state index is -3.63. The third-order valence-corrected chi connectivity index (χ3v) is 6.93. The van der Waals surface area contributed by atoms with Gasteiger partial charge in [0.2, 0.25) is 15.9 Å². The summed E-state index contributed by atoms with van der Waals surface area (Å²) >= 11 is 0. The lowest BCUT2D eigenvalue weighted by atomic mass is 10.1. The smallest absolute Gasteiger partial charge is 0.243 e. The van der Waals surface area contributed by atoms with Crippen molar-refractivity contribution < 1.29 is 22.3 Å². The molecule has 0 aromatic heterocycles. The molecule has 0 unspecified atom stereocenters. The van der Waals surface area contributed by atoms with E-state index in [0.717, 1.165) is 5.56 Å². The SMILES string of the molecule is C[C@@H]1CN(S(=O)(=O)c2ccc(NC(=O)CN[C@@H](C)c3cccc(F)c3)cc2)C[C@@H](C)O1. The molecule has 1 amide bonds. The van der Waals surface area contributed by atoms with Crippen LogP contribution in [0.1, 0.15) is 32.4 Å². The second kappa shape index (κ2) is 9.86. The molecule has 1 heterocycles. The Kier molecular flexibility index (Phi) is 7.42. The lowest BCUT2D eigenvalue weighted by molar-refractivity contribution is -0.115. The largest absolute Gasteiger partial charge is 0.373 e. The predicted octanol–water partition coefficient (Wildman–Crippen LogP) is 2.91. The van der Waals surface area contributed by atoms with E-state index in [1.165, 1.54) is 28.6 Å². The van der Waals surface area contributed by atoms with Crippen LogP contribution >= 0.6 is 0 Å². The fraction of sp³-hybridized carbons (Fsp3) is 0.409. The van der Waals surface area contributed by atoms with E-state index in [1.807, 2.05) is 20.8 Å². The van der Waals surface area contributed by atoms with E-state index in [1.54, 1.807) is 24.3 Å². The number of sulfonamides is 1. The lowest BCUT2D eigenvalue weighted by Gasteiger charge is -2.34. The fourth-order valence-corrected chi connectivity index (χ4v) is 5.12. The molecule has 0 bridgehead atoms. The van der Waals surface area contributed by atoms with E-state index < -0.39 is 10.0 Å². The average Bonchev–Trinajstić information content (AvgIpc) is 2.71. The molecule has 7 nitrogen and oxygen atoms in total. The highest BCUT2D eigenvalue weighted by atomic mass is 32.2. The van der Waals surface area contributed by atoms with Crippen molar-refractivity contribution in [1.82, 2.24) is 9.62 Å². The van der Waals surface area contributed by atoms with Crippen molar-refractivity contribution in [3.05, 3.63) is 59.9 Å². The molecule has 9 heteroatoms. The van der Waals surface area contributed by atoms with Crippen LogP contribution in [0.15, 0.2) is 53.4 Å². The first kappa shape index (κ1) is 23.3. The molecule has 2 N–H and O–H groups in total. The van der Waals surface area contributed by atoms with Gasteiger partial charge in [-0.1, -0.05) is 12.1 Å². The molecule has 0 saturated carbocycles. The van der Waals surface area contributed by atoms with Crippen molar-refractivity contribution in [2.24, 2.45) is 0 Å². The van der Waals surface area contributed by atoms with Crippen LogP contribution in [0.2, 0.25) is 0 Å². The number of rotatable bonds is 7. The van der Waals surface area contributed by atoms with Crippen LogP contribution in [0.4, 0.5) is 10.1 Å². The molecular weight excluding hydrogens is 421 g/mol. The maximum absolute atomic E-state index is 13.3. The minimum Gasteiger partial charge on any atom is -0.373 e. The van der Waals surface area contributed by atoms with E-state index in [-0.39, 0.29) is 41.4 Å². The maximum Gasteiger partial charge on any atom is 0.243 e. The minimum absolute atomic E-state index is 0.0291. The first-order valence-corrected chi connectivity index (χ1v) is 11.6. The van der Waals surface area contributed by atoms with Gasteiger partial charge in [-0.15, -0.1) is 0 Å². The van der Waals surface area contributed by atoms with Crippen LogP contribution in [0.3, 0.4) is 0 Å². The highest BCUT2D eigenvalue weighted by Gasteiger charge is 2.32. The first-order valence-electron chi connectivity index (χ1n) is 10.2.